The molecular weight excluding hydrogens is 250 g/mol. The van der Waals surface area contributed by atoms with Crippen molar-refractivity contribution in [3.63, 3.8) is 0 Å². The summed E-state index contributed by atoms with van der Waals surface area (Å²) in [5.74, 6) is 0.113. The lowest BCUT2D eigenvalue weighted by molar-refractivity contribution is -0.122. The van der Waals surface area contributed by atoms with Crippen molar-refractivity contribution in [3.8, 4) is 0 Å². The topological polar surface area (TPSA) is 58.4 Å². The maximum absolute atomic E-state index is 12.3. The SMILES string of the molecule is CC(C(=O)NC1CCCC1)N(C)c1ccc(CN)cc1. The minimum Gasteiger partial charge on any atom is -0.363 e. The van der Waals surface area contributed by atoms with Crippen LogP contribution >= 0.6 is 0 Å². The number of carbonyl (C=O) groups is 1. The molecule has 4 heteroatoms. The molecule has 0 aromatic heterocycles. The number of amides is 1. The molecule has 0 bridgehead atoms. The number of hydrogen-bond donors (Lipinski definition) is 2. The maximum Gasteiger partial charge on any atom is 0.242 e. The van der Waals surface area contributed by atoms with E-state index in [1.165, 1.54) is 12.8 Å². The Kier molecular flexibility index (Phi) is 5.01. The number of benzene rings is 1. The van der Waals surface area contributed by atoms with Crippen molar-refractivity contribution in [1.29, 1.82) is 0 Å². The normalized spacial score (nSPS) is 16.9. The summed E-state index contributed by atoms with van der Waals surface area (Å²) in [7, 11) is 1.95. The van der Waals surface area contributed by atoms with E-state index in [2.05, 4.69) is 5.32 Å². The molecule has 20 heavy (non-hydrogen) atoms. The summed E-state index contributed by atoms with van der Waals surface area (Å²) in [5, 5.41) is 3.15. The summed E-state index contributed by atoms with van der Waals surface area (Å²) in [6.45, 7) is 2.49. The number of rotatable bonds is 5. The second-order valence-electron chi connectivity index (χ2n) is 5.65. The molecule has 0 spiro atoms. The van der Waals surface area contributed by atoms with Crippen LogP contribution in [0.4, 0.5) is 5.69 Å². The number of nitrogens with zero attached hydrogens (tertiary/aromatic N) is 1. The zero-order chi connectivity index (χ0) is 14.5. The smallest absolute Gasteiger partial charge is 0.242 e. The third kappa shape index (κ3) is 3.51. The first kappa shape index (κ1) is 14.9. The zero-order valence-electron chi connectivity index (χ0n) is 12.4. The van der Waals surface area contributed by atoms with E-state index in [0.29, 0.717) is 12.6 Å². The largest absolute Gasteiger partial charge is 0.363 e. The summed E-state index contributed by atoms with van der Waals surface area (Å²) in [4.78, 5) is 14.3. The zero-order valence-corrected chi connectivity index (χ0v) is 12.4. The highest BCUT2D eigenvalue weighted by Gasteiger charge is 2.23. The molecule has 0 radical (unpaired) electrons. The predicted octanol–water partition coefficient (Wildman–Crippen LogP) is 2.03. The second-order valence-corrected chi connectivity index (χ2v) is 5.65. The molecule has 1 atom stereocenters. The Bertz CT molecular complexity index is 438. The number of anilines is 1. The van der Waals surface area contributed by atoms with Gasteiger partial charge in [0.1, 0.15) is 6.04 Å². The molecule has 1 aliphatic carbocycles. The molecular formula is C16H25N3O. The first-order valence-corrected chi connectivity index (χ1v) is 7.44. The highest BCUT2D eigenvalue weighted by Crippen LogP contribution is 2.19. The summed E-state index contributed by atoms with van der Waals surface area (Å²) >= 11 is 0. The van der Waals surface area contributed by atoms with E-state index in [9.17, 15) is 4.79 Å². The quantitative estimate of drug-likeness (QED) is 0.864. The summed E-state index contributed by atoms with van der Waals surface area (Å²) < 4.78 is 0. The van der Waals surface area contributed by atoms with Crippen LogP contribution in [-0.2, 0) is 11.3 Å². The molecule has 0 saturated heterocycles. The van der Waals surface area contributed by atoms with Crippen molar-refractivity contribution in [2.75, 3.05) is 11.9 Å². The molecule has 1 aliphatic rings. The fourth-order valence-corrected chi connectivity index (χ4v) is 2.66. The summed E-state index contributed by atoms with van der Waals surface area (Å²) in [6, 6.07) is 8.25. The van der Waals surface area contributed by atoms with Crippen LogP contribution in [0, 0.1) is 0 Å². The van der Waals surface area contributed by atoms with Crippen LogP contribution in [-0.4, -0.2) is 25.0 Å². The molecule has 1 unspecified atom stereocenters. The van der Waals surface area contributed by atoms with Gasteiger partial charge in [0.15, 0.2) is 0 Å². The number of hydrogen-bond acceptors (Lipinski definition) is 3. The van der Waals surface area contributed by atoms with Gasteiger partial charge >= 0.3 is 0 Å². The third-order valence-electron chi connectivity index (χ3n) is 4.24. The van der Waals surface area contributed by atoms with Gasteiger partial charge in [0.2, 0.25) is 5.91 Å². The van der Waals surface area contributed by atoms with Gasteiger partial charge in [0, 0.05) is 25.3 Å². The number of nitrogens with two attached hydrogens (primary N) is 1. The van der Waals surface area contributed by atoms with Gasteiger partial charge in [-0.1, -0.05) is 25.0 Å². The van der Waals surface area contributed by atoms with Gasteiger partial charge in [-0.2, -0.15) is 0 Å². The van der Waals surface area contributed by atoms with Crippen molar-refractivity contribution in [3.05, 3.63) is 29.8 Å². The lowest BCUT2D eigenvalue weighted by Gasteiger charge is -2.27. The molecule has 0 aliphatic heterocycles. The Balaban J connectivity index is 1.95. The van der Waals surface area contributed by atoms with E-state index >= 15 is 0 Å². The van der Waals surface area contributed by atoms with Crippen molar-refractivity contribution >= 4 is 11.6 Å². The van der Waals surface area contributed by atoms with Gasteiger partial charge in [0.25, 0.3) is 0 Å². The predicted molar refractivity (Wildman–Crippen MR) is 82.6 cm³/mol. The van der Waals surface area contributed by atoms with E-state index in [-0.39, 0.29) is 11.9 Å². The molecule has 1 fully saturated rings. The van der Waals surface area contributed by atoms with E-state index in [1.54, 1.807) is 0 Å². The number of carbonyl (C=O) groups excluding carboxylic acids is 1. The molecule has 110 valence electrons. The van der Waals surface area contributed by atoms with Gasteiger partial charge in [-0.3, -0.25) is 4.79 Å². The Morgan fingerprint density at radius 3 is 2.50 bits per heavy atom. The highest BCUT2D eigenvalue weighted by molar-refractivity contribution is 5.85. The van der Waals surface area contributed by atoms with Gasteiger partial charge in [0.05, 0.1) is 0 Å². The second kappa shape index (κ2) is 6.75. The highest BCUT2D eigenvalue weighted by atomic mass is 16.2. The fraction of sp³-hybridized carbons (Fsp3) is 0.562. The minimum absolute atomic E-state index is 0.113. The van der Waals surface area contributed by atoms with Crippen molar-refractivity contribution < 1.29 is 4.79 Å². The van der Waals surface area contributed by atoms with Crippen molar-refractivity contribution in [1.82, 2.24) is 5.32 Å². The monoisotopic (exact) mass is 275 g/mol. The molecule has 3 N–H and O–H groups in total. The molecule has 1 saturated carbocycles. The molecule has 4 nitrogen and oxygen atoms in total. The molecule has 2 rings (SSSR count). The van der Waals surface area contributed by atoms with Crippen LogP contribution in [0.5, 0.6) is 0 Å². The van der Waals surface area contributed by atoms with E-state index < -0.39 is 0 Å². The van der Waals surface area contributed by atoms with Crippen LogP contribution in [0.1, 0.15) is 38.2 Å². The average Bonchev–Trinajstić information content (AvgIpc) is 2.98. The van der Waals surface area contributed by atoms with Crippen LogP contribution in [0.15, 0.2) is 24.3 Å². The van der Waals surface area contributed by atoms with Crippen LogP contribution in [0.25, 0.3) is 0 Å². The van der Waals surface area contributed by atoms with Crippen LogP contribution in [0.3, 0.4) is 0 Å². The van der Waals surface area contributed by atoms with Crippen LogP contribution < -0.4 is 16.0 Å². The fourth-order valence-electron chi connectivity index (χ4n) is 2.66. The molecule has 1 aromatic rings. The van der Waals surface area contributed by atoms with Gasteiger partial charge in [-0.15, -0.1) is 0 Å². The minimum atomic E-state index is -0.167. The lowest BCUT2D eigenvalue weighted by Crippen LogP contribution is -2.46. The van der Waals surface area contributed by atoms with Crippen molar-refractivity contribution in [2.45, 2.75) is 51.2 Å². The first-order valence-electron chi connectivity index (χ1n) is 7.44. The molecule has 1 aromatic carbocycles. The Morgan fingerprint density at radius 1 is 1.35 bits per heavy atom. The number of nitrogens with one attached hydrogen (secondary N) is 1. The van der Waals surface area contributed by atoms with Gasteiger partial charge < -0.3 is 16.0 Å². The van der Waals surface area contributed by atoms with Crippen LogP contribution in [0.2, 0.25) is 0 Å². The Hall–Kier alpha value is -1.55. The van der Waals surface area contributed by atoms with Gasteiger partial charge in [-0.25, -0.2) is 0 Å². The molecule has 1 amide bonds. The van der Waals surface area contributed by atoms with E-state index in [0.717, 1.165) is 24.1 Å². The summed E-state index contributed by atoms with van der Waals surface area (Å²) in [6.07, 6.45) is 4.70. The van der Waals surface area contributed by atoms with E-state index in [4.69, 9.17) is 5.73 Å². The Labute approximate surface area is 121 Å². The maximum atomic E-state index is 12.3. The summed E-state index contributed by atoms with van der Waals surface area (Å²) in [5.41, 5.74) is 7.74. The molecule has 0 heterocycles. The standard InChI is InChI=1S/C16H25N3O/c1-12(16(20)18-14-5-3-4-6-14)19(2)15-9-7-13(11-17)8-10-15/h7-10,12,14H,3-6,11,17H2,1-2H3,(H,18,20). The average molecular weight is 275 g/mol. The van der Waals surface area contributed by atoms with Crippen molar-refractivity contribution in [2.24, 2.45) is 5.73 Å². The third-order valence-corrected chi connectivity index (χ3v) is 4.24. The Morgan fingerprint density at radius 2 is 1.95 bits per heavy atom. The lowest BCUT2D eigenvalue weighted by atomic mass is 10.1. The van der Waals surface area contributed by atoms with E-state index in [1.807, 2.05) is 43.1 Å². The number of likely N-dealkylation sites (N-methyl/N-ethyl adjacent to an activating group) is 1. The van der Waals surface area contributed by atoms with Gasteiger partial charge in [-0.05, 0) is 37.5 Å². The first-order chi connectivity index (χ1) is 9.61.